The summed E-state index contributed by atoms with van der Waals surface area (Å²) >= 11 is 0. The number of anilines is 1. The summed E-state index contributed by atoms with van der Waals surface area (Å²) in [5.74, 6) is 0.824. The van der Waals surface area contributed by atoms with Gasteiger partial charge in [-0.1, -0.05) is 12.1 Å². The van der Waals surface area contributed by atoms with E-state index in [-0.39, 0.29) is 18.0 Å². The van der Waals surface area contributed by atoms with Gasteiger partial charge in [-0.2, -0.15) is 0 Å². The lowest BCUT2D eigenvalue weighted by atomic mass is 10.2. The number of nitrogens with one attached hydrogen (secondary N) is 1. The standard InChI is InChI=1S/C23H28N4O5/c1-2-31-20-8-4-3-7-19(20)25-23(29)27-11-9-17(16-27)32-21-18(6-5-10-24-21)22(28)26-12-14-30-15-13-26/h3-8,10,17H,2,9,11-16H2,1H3,(H,25,29). The first kappa shape index (κ1) is 21.9. The minimum atomic E-state index is -0.242. The second kappa shape index (κ2) is 10.3. The van der Waals surface area contributed by atoms with Crippen LogP contribution in [0, 0.1) is 0 Å². The Morgan fingerprint density at radius 2 is 1.94 bits per heavy atom. The summed E-state index contributed by atoms with van der Waals surface area (Å²) in [6.07, 6.45) is 2.02. The fraction of sp³-hybridized carbons (Fsp3) is 0.435. The summed E-state index contributed by atoms with van der Waals surface area (Å²) < 4.78 is 17.0. The summed E-state index contributed by atoms with van der Waals surface area (Å²) in [6.45, 7) is 5.53. The number of rotatable bonds is 6. The van der Waals surface area contributed by atoms with Crippen LogP contribution in [0.4, 0.5) is 10.5 Å². The van der Waals surface area contributed by atoms with Crippen molar-refractivity contribution in [2.45, 2.75) is 19.4 Å². The van der Waals surface area contributed by atoms with Gasteiger partial charge < -0.3 is 29.3 Å². The average molecular weight is 441 g/mol. The van der Waals surface area contributed by atoms with E-state index >= 15 is 0 Å². The van der Waals surface area contributed by atoms with Crippen molar-refractivity contribution in [3.63, 3.8) is 0 Å². The van der Waals surface area contributed by atoms with Gasteiger partial charge in [0, 0.05) is 32.3 Å². The highest BCUT2D eigenvalue weighted by atomic mass is 16.5. The van der Waals surface area contributed by atoms with E-state index in [2.05, 4.69) is 10.3 Å². The van der Waals surface area contributed by atoms with E-state index in [0.717, 1.165) is 0 Å². The van der Waals surface area contributed by atoms with Crippen molar-refractivity contribution in [2.24, 2.45) is 0 Å². The van der Waals surface area contributed by atoms with Crippen LogP contribution in [0.5, 0.6) is 11.6 Å². The Kier molecular flexibility index (Phi) is 7.06. The molecule has 2 aliphatic rings. The zero-order chi connectivity index (χ0) is 22.3. The first-order valence-electron chi connectivity index (χ1n) is 10.9. The van der Waals surface area contributed by atoms with E-state index < -0.39 is 0 Å². The van der Waals surface area contributed by atoms with Crippen LogP contribution in [0.3, 0.4) is 0 Å². The molecular weight excluding hydrogens is 412 g/mol. The molecule has 1 aromatic carbocycles. The number of hydrogen-bond acceptors (Lipinski definition) is 6. The van der Waals surface area contributed by atoms with Crippen LogP contribution in [0.1, 0.15) is 23.7 Å². The Morgan fingerprint density at radius 1 is 1.12 bits per heavy atom. The van der Waals surface area contributed by atoms with E-state index in [9.17, 15) is 9.59 Å². The molecule has 1 N–H and O–H groups in total. The lowest BCUT2D eigenvalue weighted by Crippen LogP contribution is -2.41. The van der Waals surface area contributed by atoms with Crippen molar-refractivity contribution in [3.8, 4) is 11.6 Å². The smallest absolute Gasteiger partial charge is 0.322 e. The number of para-hydroxylation sites is 2. The van der Waals surface area contributed by atoms with Crippen molar-refractivity contribution in [2.75, 3.05) is 51.3 Å². The second-order valence-electron chi connectivity index (χ2n) is 7.59. The molecular formula is C23H28N4O5. The van der Waals surface area contributed by atoms with Gasteiger partial charge >= 0.3 is 6.03 Å². The molecule has 4 rings (SSSR count). The normalized spacial score (nSPS) is 18.3. The third-order valence-electron chi connectivity index (χ3n) is 5.44. The summed E-state index contributed by atoms with van der Waals surface area (Å²) in [4.78, 5) is 33.4. The highest BCUT2D eigenvalue weighted by Crippen LogP contribution is 2.26. The van der Waals surface area contributed by atoms with Gasteiger partial charge in [0.2, 0.25) is 5.88 Å². The van der Waals surface area contributed by atoms with Gasteiger partial charge in [-0.05, 0) is 31.2 Å². The number of aromatic nitrogens is 1. The van der Waals surface area contributed by atoms with Crippen molar-refractivity contribution in [3.05, 3.63) is 48.2 Å². The number of pyridine rings is 1. The highest BCUT2D eigenvalue weighted by molar-refractivity contribution is 5.96. The molecule has 32 heavy (non-hydrogen) atoms. The van der Waals surface area contributed by atoms with Gasteiger partial charge in [0.1, 0.15) is 17.4 Å². The van der Waals surface area contributed by atoms with Gasteiger partial charge in [-0.3, -0.25) is 4.79 Å². The predicted molar refractivity (Wildman–Crippen MR) is 118 cm³/mol. The first-order valence-corrected chi connectivity index (χ1v) is 10.9. The molecule has 9 heteroatoms. The summed E-state index contributed by atoms with van der Waals surface area (Å²) in [7, 11) is 0. The lowest BCUT2D eigenvalue weighted by Gasteiger charge is -2.27. The van der Waals surface area contributed by atoms with Crippen LogP contribution in [0.15, 0.2) is 42.6 Å². The van der Waals surface area contributed by atoms with Crippen molar-refractivity contribution < 1.29 is 23.8 Å². The third kappa shape index (κ3) is 5.11. The van der Waals surface area contributed by atoms with Gasteiger partial charge in [-0.25, -0.2) is 9.78 Å². The Labute approximate surface area is 187 Å². The number of morpholine rings is 1. The van der Waals surface area contributed by atoms with E-state index in [0.29, 0.717) is 75.3 Å². The number of likely N-dealkylation sites (tertiary alicyclic amines) is 1. The van der Waals surface area contributed by atoms with Gasteiger partial charge in [0.15, 0.2) is 0 Å². The van der Waals surface area contributed by atoms with Crippen molar-refractivity contribution in [1.82, 2.24) is 14.8 Å². The number of ether oxygens (including phenoxy) is 3. The summed E-state index contributed by atoms with van der Waals surface area (Å²) in [5.41, 5.74) is 1.06. The monoisotopic (exact) mass is 440 g/mol. The number of urea groups is 1. The molecule has 2 fully saturated rings. The Bertz CT molecular complexity index is 947. The topological polar surface area (TPSA) is 93.2 Å². The van der Waals surface area contributed by atoms with Crippen molar-refractivity contribution in [1.29, 1.82) is 0 Å². The molecule has 0 spiro atoms. The molecule has 2 aromatic rings. The molecule has 3 amide bonds. The van der Waals surface area contributed by atoms with Gasteiger partial charge in [0.25, 0.3) is 5.91 Å². The Hall–Kier alpha value is -3.33. The minimum Gasteiger partial charge on any atom is -0.492 e. The van der Waals surface area contributed by atoms with E-state index in [1.165, 1.54) is 0 Å². The molecule has 9 nitrogen and oxygen atoms in total. The zero-order valence-corrected chi connectivity index (χ0v) is 18.2. The quantitative estimate of drug-likeness (QED) is 0.742. The highest BCUT2D eigenvalue weighted by Gasteiger charge is 2.30. The largest absolute Gasteiger partial charge is 0.492 e. The first-order chi connectivity index (χ1) is 15.7. The minimum absolute atomic E-state index is 0.114. The molecule has 0 saturated carbocycles. The number of benzene rings is 1. The number of hydrogen-bond donors (Lipinski definition) is 1. The maximum absolute atomic E-state index is 12.9. The summed E-state index contributed by atoms with van der Waals surface area (Å²) in [6, 6.07) is 10.6. The zero-order valence-electron chi connectivity index (χ0n) is 18.2. The maximum Gasteiger partial charge on any atom is 0.322 e. The number of amides is 3. The van der Waals surface area contributed by atoms with Crippen LogP contribution in [0.2, 0.25) is 0 Å². The van der Waals surface area contributed by atoms with Crippen LogP contribution in [-0.2, 0) is 4.74 Å². The molecule has 1 aromatic heterocycles. The van der Waals surface area contributed by atoms with E-state index in [4.69, 9.17) is 14.2 Å². The Balaban J connectivity index is 1.37. The molecule has 2 aliphatic heterocycles. The lowest BCUT2D eigenvalue weighted by molar-refractivity contribution is 0.0298. The number of carbonyl (C=O) groups is 2. The third-order valence-corrected chi connectivity index (χ3v) is 5.44. The van der Waals surface area contributed by atoms with Crippen LogP contribution in [-0.4, -0.2) is 78.8 Å². The maximum atomic E-state index is 12.9. The van der Waals surface area contributed by atoms with Gasteiger partial charge in [-0.15, -0.1) is 0 Å². The average Bonchev–Trinajstić information content (AvgIpc) is 3.30. The molecule has 0 bridgehead atoms. The molecule has 170 valence electrons. The fourth-order valence-electron chi connectivity index (χ4n) is 3.80. The van der Waals surface area contributed by atoms with Crippen LogP contribution >= 0.6 is 0 Å². The SMILES string of the molecule is CCOc1ccccc1NC(=O)N1CCC(Oc2ncccc2C(=O)N2CCOCC2)C1. The Morgan fingerprint density at radius 3 is 2.75 bits per heavy atom. The van der Waals surface area contributed by atoms with Gasteiger partial charge in [0.05, 0.1) is 32.1 Å². The molecule has 1 unspecified atom stereocenters. The van der Waals surface area contributed by atoms with Crippen LogP contribution in [0.25, 0.3) is 0 Å². The fourth-order valence-corrected chi connectivity index (χ4v) is 3.80. The second-order valence-corrected chi connectivity index (χ2v) is 7.59. The number of nitrogens with zero attached hydrogens (tertiary/aromatic N) is 3. The van der Waals surface area contributed by atoms with E-state index in [1.54, 1.807) is 28.1 Å². The molecule has 2 saturated heterocycles. The molecule has 0 aliphatic carbocycles. The molecule has 3 heterocycles. The molecule has 1 atom stereocenters. The van der Waals surface area contributed by atoms with E-state index in [1.807, 2.05) is 31.2 Å². The van der Waals surface area contributed by atoms with Crippen molar-refractivity contribution >= 4 is 17.6 Å². The predicted octanol–water partition coefficient (Wildman–Crippen LogP) is 2.64. The number of carbonyl (C=O) groups excluding carboxylic acids is 2. The summed E-state index contributed by atoms with van der Waals surface area (Å²) in [5, 5.41) is 2.91. The molecule has 0 radical (unpaired) electrons. The van der Waals surface area contributed by atoms with Crippen LogP contribution < -0.4 is 14.8 Å².